The van der Waals surface area contributed by atoms with Crippen LogP contribution in [0.5, 0.6) is 0 Å². The first-order chi connectivity index (χ1) is 60.8. The van der Waals surface area contributed by atoms with Gasteiger partial charge in [0, 0.05) is 52.6 Å². The Morgan fingerprint density at radius 2 is 0.976 bits per heavy atom. The van der Waals surface area contributed by atoms with Gasteiger partial charge in [-0.15, -0.1) is 0 Å². The van der Waals surface area contributed by atoms with Crippen LogP contribution < -0.4 is 75.1 Å². The van der Waals surface area contributed by atoms with E-state index in [2.05, 4.69) is 218 Å². The van der Waals surface area contributed by atoms with Gasteiger partial charge in [-0.1, -0.05) is 174 Å². The van der Waals surface area contributed by atoms with E-state index in [1.54, 1.807) is 11.7 Å². The SMILES string of the molecule is C=c1nc2c(c(=O)[nH]1)=Nc1cc(C)c(C)cc1N2CC(Cc1ccccc1)OC.C=c1nc2c(c(=O)[nH]1)=Nc1cc(C)c(C)cc1N2CC(O)Cc1ccc(C(C)(C)C)cc1.C=c1nc2c(c(=O)[nH]1)=Nc1cc(C)c(CN3CC(C)OC(C)C3)cc1N2CCCc1ccccc1.Cc1ccc2nc3c(=O)[nH]c(=O)nc-3n(CC(O)Cc3ccc4ccccc4c3)c2c1. The molecule has 650 valence electrons. The number of β-amino-alcohol motifs (C(OH)–C–C–N with tert-alkyl or cyclic N) is 1. The third kappa shape index (κ3) is 20.3. The average Bonchev–Trinajstić information content (AvgIpc) is 0.749. The van der Waals surface area contributed by atoms with Crippen LogP contribution in [0.1, 0.15) is 108 Å². The summed E-state index contributed by atoms with van der Waals surface area (Å²) in [5.41, 5.74) is 19.0. The van der Waals surface area contributed by atoms with E-state index >= 15 is 0 Å². The fraction of sp³-hybridized carbons (Fsp3) is 0.297. The van der Waals surface area contributed by atoms with Crippen molar-refractivity contribution < 1.29 is 19.7 Å². The van der Waals surface area contributed by atoms with Crippen LogP contribution in [0.3, 0.4) is 0 Å². The van der Waals surface area contributed by atoms with Crippen molar-refractivity contribution in [2.75, 3.05) is 54.5 Å². The second-order valence-electron chi connectivity index (χ2n) is 34.6. The van der Waals surface area contributed by atoms with E-state index in [1.807, 2.05) is 135 Å². The van der Waals surface area contributed by atoms with Gasteiger partial charge >= 0.3 is 5.69 Å². The first kappa shape index (κ1) is 88.2. The van der Waals surface area contributed by atoms with Gasteiger partial charge in [0.15, 0.2) is 45.0 Å². The lowest BCUT2D eigenvalue weighted by Gasteiger charge is -2.36. The van der Waals surface area contributed by atoms with Crippen molar-refractivity contribution in [2.45, 2.75) is 157 Å². The second kappa shape index (κ2) is 37.7. The zero-order valence-corrected chi connectivity index (χ0v) is 73.9. The van der Waals surface area contributed by atoms with Crippen molar-refractivity contribution in [3.05, 3.63) is 333 Å². The van der Waals surface area contributed by atoms with Gasteiger partial charge in [0.05, 0.1) is 95.3 Å². The molecule has 6 aliphatic heterocycles. The number of benzene rings is 9. The van der Waals surface area contributed by atoms with E-state index in [-0.39, 0.29) is 75.8 Å². The Hall–Kier alpha value is -13.6. The number of nitrogens with zero attached hydrogens (tertiary/aromatic N) is 13. The van der Waals surface area contributed by atoms with Crippen molar-refractivity contribution in [1.29, 1.82) is 0 Å². The van der Waals surface area contributed by atoms with Crippen molar-refractivity contribution in [3.8, 4) is 11.5 Å². The molecule has 1 fully saturated rings. The summed E-state index contributed by atoms with van der Waals surface area (Å²) in [7, 11) is 1.71. The molecule has 0 saturated carbocycles. The number of aryl methyl sites for hydroxylation is 7. The molecule has 9 aromatic carbocycles. The summed E-state index contributed by atoms with van der Waals surface area (Å²) in [6, 6.07) is 61.3. The van der Waals surface area contributed by atoms with Gasteiger partial charge in [-0.2, -0.15) is 4.98 Å². The van der Waals surface area contributed by atoms with Crippen molar-refractivity contribution in [2.24, 2.45) is 15.0 Å². The van der Waals surface area contributed by atoms with Gasteiger partial charge in [0.1, 0.15) is 16.4 Å². The highest BCUT2D eigenvalue weighted by Crippen LogP contribution is 2.41. The van der Waals surface area contributed by atoms with Gasteiger partial charge in [0.25, 0.3) is 22.2 Å². The van der Waals surface area contributed by atoms with Gasteiger partial charge < -0.3 is 53.9 Å². The zero-order chi connectivity index (χ0) is 89.8. The number of aromatic amines is 4. The maximum Gasteiger partial charge on any atom is 0.349 e. The molecule has 0 radical (unpaired) electrons. The van der Waals surface area contributed by atoms with Gasteiger partial charge in [-0.25, -0.2) is 39.7 Å². The predicted octanol–water partition coefficient (Wildman–Crippen LogP) is 11.3. The highest BCUT2D eigenvalue weighted by Gasteiger charge is 2.32. The molecule has 9 heterocycles. The molecule has 12 aromatic rings. The minimum atomic E-state index is -0.753. The lowest BCUT2D eigenvalue weighted by atomic mass is 9.86. The Morgan fingerprint density at radius 3 is 1.54 bits per heavy atom. The number of H-pyrrole nitrogens is 4. The van der Waals surface area contributed by atoms with E-state index in [9.17, 15) is 34.2 Å². The number of morpholine rings is 1. The number of hydrogen-bond acceptors (Lipinski definition) is 21. The van der Waals surface area contributed by atoms with Crippen LogP contribution in [-0.2, 0) is 53.7 Å². The number of aliphatic hydroxyl groups excluding tert-OH is 2. The number of aromatic nitrogens is 10. The zero-order valence-electron chi connectivity index (χ0n) is 73.9. The van der Waals surface area contributed by atoms with Crippen LogP contribution in [0.4, 0.5) is 51.6 Å². The van der Waals surface area contributed by atoms with Crippen LogP contribution >= 0.6 is 0 Å². The lowest BCUT2D eigenvalue weighted by molar-refractivity contribution is -0.0705. The molecule has 18 rings (SSSR count). The number of aliphatic hydroxyl groups is 2. The maximum absolute atomic E-state index is 12.7. The fourth-order valence-corrected chi connectivity index (χ4v) is 16.8. The molecule has 6 N–H and O–H groups in total. The quantitative estimate of drug-likeness (QED) is 0.0410. The first-order valence-electron chi connectivity index (χ1n) is 42.9. The van der Waals surface area contributed by atoms with E-state index < -0.39 is 23.5 Å². The van der Waals surface area contributed by atoms with Crippen molar-refractivity contribution in [1.82, 2.24) is 54.3 Å². The van der Waals surface area contributed by atoms with Gasteiger partial charge in [0.2, 0.25) is 0 Å². The average molecular weight is 1700 g/mol. The van der Waals surface area contributed by atoms with Gasteiger partial charge in [-0.05, 0) is 200 Å². The smallest absolute Gasteiger partial charge is 0.349 e. The molecular weight excluding hydrogens is 1600 g/mol. The topological polar surface area (TPSA) is 327 Å². The second-order valence-corrected chi connectivity index (χ2v) is 34.6. The summed E-state index contributed by atoms with van der Waals surface area (Å²) in [4.78, 5) is 117. The molecule has 5 atom stereocenters. The third-order valence-electron chi connectivity index (χ3n) is 23.5. The Morgan fingerprint density at radius 1 is 0.488 bits per heavy atom. The number of methoxy groups -OCH3 is 1. The minimum Gasteiger partial charge on any atom is -0.391 e. The van der Waals surface area contributed by atoms with E-state index in [1.165, 1.54) is 27.8 Å². The van der Waals surface area contributed by atoms with Gasteiger partial charge in [-0.3, -0.25) is 29.1 Å². The number of hydrogen-bond donors (Lipinski definition) is 6. The first-order valence-corrected chi connectivity index (χ1v) is 42.9. The molecule has 1 saturated heterocycles. The van der Waals surface area contributed by atoms with Crippen LogP contribution in [0.2, 0.25) is 0 Å². The molecule has 26 nitrogen and oxygen atoms in total. The number of ether oxygens (including phenoxy) is 2. The lowest BCUT2D eigenvalue weighted by Crippen LogP contribution is -2.45. The third-order valence-corrected chi connectivity index (χ3v) is 23.5. The highest BCUT2D eigenvalue weighted by atomic mass is 16.5. The minimum absolute atomic E-state index is 0.0776. The summed E-state index contributed by atoms with van der Waals surface area (Å²) in [6.45, 7) is 38.9. The van der Waals surface area contributed by atoms with Crippen molar-refractivity contribution in [3.63, 3.8) is 0 Å². The Kier molecular flexibility index (Phi) is 26.2. The van der Waals surface area contributed by atoms with Crippen molar-refractivity contribution >= 4 is 93.1 Å². The predicted molar refractivity (Wildman–Crippen MR) is 502 cm³/mol. The summed E-state index contributed by atoms with van der Waals surface area (Å²) >= 11 is 0. The molecule has 26 heteroatoms. The fourth-order valence-electron chi connectivity index (χ4n) is 16.8. The molecule has 127 heavy (non-hydrogen) atoms. The van der Waals surface area contributed by atoms with Crippen LogP contribution in [0.15, 0.2) is 221 Å². The molecule has 6 aliphatic rings. The number of nitrogens with one attached hydrogen (secondary N) is 4. The Balaban J connectivity index is 0.000000131. The van der Waals surface area contributed by atoms with Crippen LogP contribution in [-0.4, -0.2) is 135 Å². The molecule has 3 aromatic heterocycles. The number of anilines is 6. The van der Waals surface area contributed by atoms with E-state index in [0.29, 0.717) is 75.2 Å². The largest absolute Gasteiger partial charge is 0.391 e. The number of fused-ring (bicyclic) bond motifs is 9. The molecule has 0 spiro atoms. The summed E-state index contributed by atoms with van der Waals surface area (Å²) < 4.78 is 13.4. The molecule has 0 aliphatic carbocycles. The summed E-state index contributed by atoms with van der Waals surface area (Å²) in [5, 5.41) is 25.1. The van der Waals surface area contributed by atoms with E-state index in [0.717, 1.165) is 124 Å². The highest BCUT2D eigenvalue weighted by molar-refractivity contribution is 5.84. The van der Waals surface area contributed by atoms with E-state index in [4.69, 9.17) is 14.5 Å². The van der Waals surface area contributed by atoms with Crippen LogP contribution in [0.25, 0.3) is 53.1 Å². The molecule has 5 unspecified atom stereocenters. The van der Waals surface area contributed by atoms with Crippen LogP contribution in [0, 0.1) is 41.5 Å². The maximum atomic E-state index is 12.7. The number of rotatable bonds is 19. The Bertz CT molecular complexity index is 7150. The standard InChI is InChI=1S/C28H33N5O2.C26H30N4O2.C24H20N4O3.C23H24N4O2/c1-18-13-24-25(14-23(18)17-32-15-19(2)35-20(3)16-32)33(12-8-11-22-9-6-5-7-10-22)27-26(31-24)28(34)30-21(4)29-27;1-15-11-21-22(12-16(15)2)30(24-23(29-21)25(32)28-17(3)27-24)14-20(31)13-18-7-9-19(10-8-18)26(4,5)6;1-14-6-9-19-20(10-14)28(22-21(25-19)23(30)27-24(31)26-22)13-18(29)12-15-7-8-16-4-2-3-5-17(16)11-15;1-14-10-19-20(11-15(14)2)27(22-21(26-19)23(28)25-16(3)24-22)13-18(29-4)12-17-8-6-5-7-9-17/h5-7,9-10,13-14,19-20H,4,8,11-12,15-17H2,1-3H3,(H,30,34);7-12,20,31H,3,13-14H2,1-2,4-6H3,(H,28,32);2-11,18,29H,12-13H2,1H3,(H,27,30,31);5-11,18H,3,12-13H2,1-2,4H3,(H,25,28). The summed E-state index contributed by atoms with van der Waals surface area (Å²) in [5.74, 6) is 1.70. The molecule has 0 bridgehead atoms. The monoisotopic (exact) mass is 1700 g/mol. The Labute approximate surface area is 734 Å². The normalized spacial score (nSPS) is 15.1. The summed E-state index contributed by atoms with van der Waals surface area (Å²) in [6.07, 6.45) is 2.47. The molecule has 0 amide bonds. The molecular formula is C101H107N17O9.